The van der Waals surface area contributed by atoms with Gasteiger partial charge in [0.15, 0.2) is 5.41 Å². The summed E-state index contributed by atoms with van der Waals surface area (Å²) in [4.78, 5) is 0. The molecule has 0 N–H and O–H groups in total. The highest BCUT2D eigenvalue weighted by Gasteiger charge is 2.28. The van der Waals surface area contributed by atoms with Gasteiger partial charge in [0.1, 0.15) is 0 Å². The molecule has 0 fully saturated rings. The van der Waals surface area contributed by atoms with Crippen molar-refractivity contribution in [2.75, 3.05) is 0 Å². The predicted molar refractivity (Wildman–Crippen MR) is 63.4 cm³/mol. The highest BCUT2D eigenvalue weighted by molar-refractivity contribution is 6.25. The van der Waals surface area contributed by atoms with Crippen molar-refractivity contribution in [3.8, 4) is 12.1 Å². The fraction of sp³-hybridized carbons (Fsp3) is 0.231. The first-order chi connectivity index (χ1) is 7.76. The molecule has 16 heavy (non-hydrogen) atoms. The molecule has 3 heteroatoms. The predicted octanol–water partition coefficient (Wildman–Crippen LogP) is 3.41. The Kier molecular flexibility index (Phi) is 4.58. The van der Waals surface area contributed by atoms with Gasteiger partial charge in [0.25, 0.3) is 0 Å². The van der Waals surface area contributed by atoms with Gasteiger partial charge in [-0.25, -0.2) is 0 Å². The van der Waals surface area contributed by atoms with Gasteiger partial charge in [-0.2, -0.15) is 10.5 Å². The molecule has 0 unspecified atom stereocenters. The van der Waals surface area contributed by atoms with E-state index in [0.717, 1.165) is 5.56 Å². The zero-order valence-electron chi connectivity index (χ0n) is 8.73. The molecular weight excluding hydrogens is 220 g/mol. The number of hydrogen-bond donors (Lipinski definition) is 0. The van der Waals surface area contributed by atoms with Crippen LogP contribution in [0.5, 0.6) is 0 Å². The normalized spacial score (nSPS) is 10.9. The van der Waals surface area contributed by atoms with Crippen LogP contribution < -0.4 is 0 Å². The number of hydrogen-bond acceptors (Lipinski definition) is 2. The number of benzene rings is 1. The van der Waals surface area contributed by atoms with Gasteiger partial charge in [0, 0.05) is 12.0 Å². The number of halogens is 1. The van der Waals surface area contributed by atoms with Gasteiger partial charge in [-0.1, -0.05) is 48.0 Å². The first-order valence-corrected chi connectivity index (χ1v) is 5.31. The smallest absolute Gasteiger partial charge is 0.151 e. The third-order valence-corrected chi connectivity index (χ3v) is 2.51. The zero-order chi connectivity index (χ0) is 11.9. The molecule has 0 spiro atoms. The van der Waals surface area contributed by atoms with Crippen molar-refractivity contribution in [3.63, 3.8) is 0 Å². The number of allylic oxidation sites excluding steroid dienone is 1. The van der Waals surface area contributed by atoms with Crippen LogP contribution in [-0.4, -0.2) is 0 Å². The molecule has 0 amide bonds. The molecule has 0 saturated heterocycles. The maximum absolute atomic E-state index is 9.12. The van der Waals surface area contributed by atoms with E-state index in [4.69, 9.17) is 22.1 Å². The van der Waals surface area contributed by atoms with E-state index < -0.39 is 5.41 Å². The van der Waals surface area contributed by atoms with Crippen LogP contribution in [0.3, 0.4) is 0 Å². The summed E-state index contributed by atoms with van der Waals surface area (Å²) >= 11 is 5.43. The minimum Gasteiger partial charge on any atom is -0.197 e. The molecule has 0 saturated carbocycles. The Morgan fingerprint density at radius 3 is 2.31 bits per heavy atom. The second-order valence-electron chi connectivity index (χ2n) is 3.53. The van der Waals surface area contributed by atoms with Crippen molar-refractivity contribution < 1.29 is 0 Å². The average Bonchev–Trinajstić information content (AvgIpc) is 2.36. The maximum atomic E-state index is 9.12. The molecule has 1 aromatic rings. The van der Waals surface area contributed by atoms with Gasteiger partial charge >= 0.3 is 0 Å². The molecule has 0 aliphatic rings. The van der Waals surface area contributed by atoms with Crippen LogP contribution in [-0.2, 0) is 6.42 Å². The van der Waals surface area contributed by atoms with E-state index >= 15 is 0 Å². The van der Waals surface area contributed by atoms with E-state index in [-0.39, 0.29) is 0 Å². The topological polar surface area (TPSA) is 47.6 Å². The number of nitrogens with zero attached hydrogens (tertiary/aromatic N) is 2. The summed E-state index contributed by atoms with van der Waals surface area (Å²) in [6, 6.07) is 13.7. The lowest BCUT2D eigenvalue weighted by molar-refractivity contribution is 0.527. The lowest BCUT2D eigenvalue weighted by atomic mass is 9.81. The van der Waals surface area contributed by atoms with Crippen molar-refractivity contribution in [1.82, 2.24) is 0 Å². The molecule has 0 aliphatic heterocycles. The molecule has 0 radical (unpaired) electrons. The molecule has 0 aromatic heterocycles. The summed E-state index contributed by atoms with van der Waals surface area (Å²) < 4.78 is 0. The zero-order valence-corrected chi connectivity index (χ0v) is 9.48. The van der Waals surface area contributed by atoms with E-state index in [2.05, 4.69) is 12.1 Å². The monoisotopic (exact) mass is 230 g/mol. The van der Waals surface area contributed by atoms with Gasteiger partial charge in [0.05, 0.1) is 12.1 Å². The van der Waals surface area contributed by atoms with Crippen molar-refractivity contribution in [1.29, 1.82) is 10.5 Å². The van der Waals surface area contributed by atoms with E-state index in [1.807, 2.05) is 30.3 Å². The van der Waals surface area contributed by atoms with Crippen LogP contribution in [0.15, 0.2) is 41.9 Å². The third-order valence-electron chi connectivity index (χ3n) is 2.33. The fourth-order valence-electron chi connectivity index (χ4n) is 1.46. The molecule has 1 aromatic carbocycles. The second-order valence-corrected chi connectivity index (χ2v) is 3.79. The third kappa shape index (κ3) is 3.12. The summed E-state index contributed by atoms with van der Waals surface area (Å²) in [5, 5.41) is 18.2. The Labute approximate surface area is 100 Å². The maximum Gasteiger partial charge on any atom is 0.151 e. The van der Waals surface area contributed by atoms with Crippen molar-refractivity contribution >= 4 is 11.6 Å². The van der Waals surface area contributed by atoms with E-state index in [9.17, 15) is 0 Å². The Morgan fingerprint density at radius 1 is 1.19 bits per heavy atom. The van der Waals surface area contributed by atoms with Crippen LogP contribution in [0.2, 0.25) is 0 Å². The summed E-state index contributed by atoms with van der Waals surface area (Å²) in [5.74, 6) is 0. The van der Waals surface area contributed by atoms with Gasteiger partial charge in [-0.05, 0) is 12.0 Å². The van der Waals surface area contributed by atoms with Gasteiger partial charge in [-0.15, -0.1) is 0 Å². The molecule has 0 aliphatic carbocycles. The van der Waals surface area contributed by atoms with E-state index in [0.29, 0.717) is 12.8 Å². The molecule has 0 heterocycles. The summed E-state index contributed by atoms with van der Waals surface area (Å²) in [5.41, 5.74) is 1.30. The quantitative estimate of drug-likeness (QED) is 0.796. The average molecular weight is 231 g/mol. The summed E-state index contributed by atoms with van der Waals surface area (Å²) in [6.45, 7) is 0. The Bertz CT molecular complexity index is 423. The Morgan fingerprint density at radius 2 is 1.81 bits per heavy atom. The van der Waals surface area contributed by atoms with Crippen molar-refractivity contribution in [3.05, 3.63) is 47.5 Å². The standard InChI is InChI=1S/C13H11ClN2/c14-8-4-7-13(10-15,11-16)9-12-5-2-1-3-6-12/h1-6,8H,7,9H2. The lowest BCUT2D eigenvalue weighted by Crippen LogP contribution is -2.18. The van der Waals surface area contributed by atoms with Gasteiger partial charge < -0.3 is 0 Å². The second kappa shape index (κ2) is 5.95. The summed E-state index contributed by atoms with van der Waals surface area (Å²) in [6.07, 6.45) is 2.40. The molecule has 0 bridgehead atoms. The first-order valence-electron chi connectivity index (χ1n) is 4.88. The van der Waals surface area contributed by atoms with Crippen molar-refractivity contribution in [2.24, 2.45) is 5.41 Å². The lowest BCUT2D eigenvalue weighted by Gasteiger charge is -2.16. The summed E-state index contributed by atoms with van der Waals surface area (Å²) in [7, 11) is 0. The van der Waals surface area contributed by atoms with Crippen LogP contribution in [0.1, 0.15) is 12.0 Å². The number of rotatable bonds is 4. The fourth-order valence-corrected chi connectivity index (χ4v) is 1.55. The Hall–Kier alpha value is -1.77. The van der Waals surface area contributed by atoms with Crippen LogP contribution in [0, 0.1) is 28.1 Å². The van der Waals surface area contributed by atoms with E-state index in [1.165, 1.54) is 5.54 Å². The van der Waals surface area contributed by atoms with Gasteiger partial charge in [0.2, 0.25) is 0 Å². The van der Waals surface area contributed by atoms with Crippen molar-refractivity contribution in [2.45, 2.75) is 12.8 Å². The minimum atomic E-state index is -1.02. The molecule has 80 valence electrons. The van der Waals surface area contributed by atoms with Gasteiger partial charge in [-0.3, -0.25) is 0 Å². The van der Waals surface area contributed by atoms with E-state index in [1.54, 1.807) is 6.08 Å². The molecule has 1 rings (SSSR count). The molecule has 0 atom stereocenters. The van der Waals surface area contributed by atoms with Crippen LogP contribution >= 0.6 is 11.6 Å². The van der Waals surface area contributed by atoms with Crippen LogP contribution in [0.25, 0.3) is 0 Å². The van der Waals surface area contributed by atoms with Crippen LogP contribution in [0.4, 0.5) is 0 Å². The first kappa shape index (κ1) is 12.3. The largest absolute Gasteiger partial charge is 0.197 e. The number of nitriles is 2. The highest BCUT2D eigenvalue weighted by atomic mass is 35.5. The minimum absolute atomic E-state index is 0.346. The SMILES string of the molecule is N#CC(C#N)(CC=CCl)Cc1ccccc1. The Balaban J connectivity index is 2.89. The highest BCUT2D eigenvalue weighted by Crippen LogP contribution is 2.26. The molecular formula is C13H11ClN2. The molecule has 2 nitrogen and oxygen atoms in total.